The van der Waals surface area contributed by atoms with E-state index in [1.54, 1.807) is 48.5 Å². The van der Waals surface area contributed by atoms with Crippen LogP contribution in [-0.4, -0.2) is 43.1 Å². The van der Waals surface area contributed by atoms with Gasteiger partial charge in [0.15, 0.2) is 0 Å². The minimum atomic E-state index is -4.12. The Bertz CT molecular complexity index is 2090. The quantitative estimate of drug-likeness (QED) is 0.1000. The Labute approximate surface area is 300 Å². The van der Waals surface area contributed by atoms with Crippen LogP contribution >= 0.6 is 0 Å². The molecule has 0 aromatic heterocycles. The fourth-order valence-electron chi connectivity index (χ4n) is 4.65. The van der Waals surface area contributed by atoms with E-state index in [2.05, 4.69) is 21.3 Å². The van der Waals surface area contributed by atoms with Crippen molar-refractivity contribution in [1.82, 2.24) is 10.6 Å². The summed E-state index contributed by atoms with van der Waals surface area (Å²) in [7, 11) is -5.30. The number of benzene rings is 5. The van der Waals surface area contributed by atoms with Gasteiger partial charge in [0.25, 0.3) is 0 Å². The molecular weight excluding hydrogens is 713 g/mol. The molecule has 14 nitrogen and oxygen atoms in total. The second-order valence-corrected chi connectivity index (χ2v) is 14.0. The summed E-state index contributed by atoms with van der Waals surface area (Å²) in [5.74, 6) is 1.02. The predicted molar refractivity (Wildman–Crippen MR) is 193 cm³/mol. The van der Waals surface area contributed by atoms with Gasteiger partial charge in [-0.25, -0.2) is 9.59 Å². The molecule has 0 atom stereocenters. The Balaban J connectivity index is 1.09. The Hall–Kier alpha value is -6.26. The van der Waals surface area contributed by atoms with Gasteiger partial charge in [0.2, 0.25) is 0 Å². The van der Waals surface area contributed by atoms with Crippen LogP contribution in [0.3, 0.4) is 0 Å². The Morgan fingerprint density at radius 3 is 1.27 bits per heavy atom. The first-order valence-corrected chi connectivity index (χ1v) is 18.3. The molecule has 0 spiro atoms. The van der Waals surface area contributed by atoms with Crippen molar-refractivity contribution in [2.75, 3.05) is 24.9 Å². The van der Waals surface area contributed by atoms with Gasteiger partial charge in [0.1, 0.15) is 32.8 Å². The highest BCUT2D eigenvalue weighted by Crippen LogP contribution is 2.25. The molecule has 52 heavy (non-hydrogen) atoms. The predicted octanol–water partition coefficient (Wildman–Crippen LogP) is 5.88. The van der Waals surface area contributed by atoms with E-state index in [0.29, 0.717) is 22.9 Å². The number of hydrogen-bond acceptors (Lipinski definition) is 10. The first-order valence-electron chi connectivity index (χ1n) is 15.5. The third kappa shape index (κ3) is 10.4. The average molecular weight is 747 g/mol. The van der Waals surface area contributed by atoms with Crippen LogP contribution in [0.2, 0.25) is 0 Å². The van der Waals surface area contributed by atoms with Gasteiger partial charge in [0.05, 0.1) is 14.2 Å². The van der Waals surface area contributed by atoms with Crippen LogP contribution in [0.25, 0.3) is 0 Å². The van der Waals surface area contributed by atoms with Crippen molar-refractivity contribution in [3.8, 4) is 23.0 Å². The maximum atomic E-state index is 12.7. The number of hydrogen-bond donors (Lipinski definition) is 4. The monoisotopic (exact) mass is 746 g/mol. The topological polar surface area (TPSA) is 187 Å². The SMILES string of the molecule is COc1ccc(S(=O)(=O)Oc2cccc(NC(=O)NCc3cccc(CNC(=O)Nc4cccc(OS(=O)(=O)c5ccc(OC)cc5)c4)c3)c2)cc1. The number of rotatable bonds is 14. The first kappa shape index (κ1) is 37.0. The number of urea groups is 2. The van der Waals surface area contributed by atoms with Crippen LogP contribution in [0, 0.1) is 0 Å². The van der Waals surface area contributed by atoms with Crippen molar-refractivity contribution in [3.63, 3.8) is 0 Å². The maximum Gasteiger partial charge on any atom is 0.339 e. The molecule has 0 aliphatic rings. The zero-order valence-corrected chi connectivity index (χ0v) is 29.5. The van der Waals surface area contributed by atoms with Crippen LogP contribution in [0.15, 0.2) is 131 Å². The molecular formula is C36H34N4O10S2. The van der Waals surface area contributed by atoms with E-state index in [1.807, 2.05) is 0 Å². The maximum absolute atomic E-state index is 12.7. The van der Waals surface area contributed by atoms with Gasteiger partial charge in [-0.15, -0.1) is 0 Å². The fraction of sp³-hybridized carbons (Fsp3) is 0.111. The molecule has 16 heteroatoms. The molecule has 0 unspecified atom stereocenters. The normalized spacial score (nSPS) is 11.1. The molecule has 4 amide bonds. The Morgan fingerprint density at radius 2 is 0.885 bits per heavy atom. The summed E-state index contributed by atoms with van der Waals surface area (Å²) in [5, 5.41) is 10.8. The van der Waals surface area contributed by atoms with E-state index >= 15 is 0 Å². The number of anilines is 2. The summed E-state index contributed by atoms with van der Waals surface area (Å²) in [6, 6.07) is 29.5. The van der Waals surface area contributed by atoms with Crippen molar-refractivity contribution in [2.45, 2.75) is 22.9 Å². The zero-order valence-electron chi connectivity index (χ0n) is 27.9. The summed E-state index contributed by atoms with van der Waals surface area (Å²) in [6.45, 7) is 0.306. The number of carbonyl (C=O) groups is 2. The van der Waals surface area contributed by atoms with E-state index in [-0.39, 0.29) is 34.4 Å². The molecule has 5 rings (SSSR count). The molecule has 5 aromatic carbocycles. The molecule has 0 saturated carbocycles. The molecule has 0 aliphatic carbocycles. The molecule has 5 aromatic rings. The first-order chi connectivity index (χ1) is 24.9. The van der Waals surface area contributed by atoms with E-state index in [0.717, 1.165) is 11.1 Å². The fourth-order valence-corrected chi connectivity index (χ4v) is 6.50. The lowest BCUT2D eigenvalue weighted by Crippen LogP contribution is -2.29. The van der Waals surface area contributed by atoms with Crippen LogP contribution in [0.4, 0.5) is 21.0 Å². The van der Waals surface area contributed by atoms with Crippen LogP contribution in [-0.2, 0) is 33.3 Å². The third-order valence-corrected chi connectivity index (χ3v) is 9.71. The van der Waals surface area contributed by atoms with Crippen LogP contribution in [0.5, 0.6) is 23.0 Å². The number of carbonyl (C=O) groups excluding carboxylic acids is 2. The van der Waals surface area contributed by atoms with Gasteiger partial charge in [0, 0.05) is 36.6 Å². The van der Waals surface area contributed by atoms with Crippen molar-refractivity contribution < 1.29 is 44.3 Å². The van der Waals surface area contributed by atoms with Gasteiger partial charge in [-0.2, -0.15) is 16.8 Å². The highest BCUT2D eigenvalue weighted by molar-refractivity contribution is 7.87. The summed E-state index contributed by atoms with van der Waals surface area (Å²) in [5.41, 5.74) is 2.11. The average Bonchev–Trinajstić information content (AvgIpc) is 3.13. The molecule has 0 radical (unpaired) electrons. The molecule has 0 bridgehead atoms. The van der Waals surface area contributed by atoms with Gasteiger partial charge in [-0.1, -0.05) is 36.4 Å². The second kappa shape index (κ2) is 16.6. The van der Waals surface area contributed by atoms with E-state index in [9.17, 15) is 26.4 Å². The van der Waals surface area contributed by atoms with Crippen molar-refractivity contribution in [1.29, 1.82) is 0 Å². The number of nitrogens with one attached hydrogen (secondary N) is 4. The summed E-state index contributed by atoms with van der Waals surface area (Å²) < 4.78 is 71.3. The molecule has 4 N–H and O–H groups in total. The largest absolute Gasteiger partial charge is 0.497 e. The van der Waals surface area contributed by atoms with Crippen molar-refractivity contribution in [3.05, 3.63) is 132 Å². The Kier molecular flexibility index (Phi) is 11.8. The highest BCUT2D eigenvalue weighted by Gasteiger charge is 2.18. The van der Waals surface area contributed by atoms with E-state index in [1.165, 1.54) is 87.0 Å². The van der Waals surface area contributed by atoms with Gasteiger partial charge < -0.3 is 39.1 Å². The van der Waals surface area contributed by atoms with Gasteiger partial charge in [-0.05, 0) is 83.9 Å². The lowest BCUT2D eigenvalue weighted by atomic mass is 10.1. The van der Waals surface area contributed by atoms with Crippen LogP contribution < -0.4 is 39.1 Å². The van der Waals surface area contributed by atoms with E-state index in [4.69, 9.17) is 17.8 Å². The summed E-state index contributed by atoms with van der Waals surface area (Å²) in [6.07, 6.45) is 0. The Morgan fingerprint density at radius 1 is 0.500 bits per heavy atom. The van der Waals surface area contributed by atoms with Gasteiger partial charge >= 0.3 is 32.3 Å². The molecule has 270 valence electrons. The zero-order chi connectivity index (χ0) is 37.1. The van der Waals surface area contributed by atoms with Crippen LogP contribution in [0.1, 0.15) is 11.1 Å². The standard InChI is InChI=1S/C36H34N4O10S2/c1-47-29-12-16-33(17-13-29)51(43,44)49-31-10-4-8-27(21-31)39-35(41)37-23-25-6-3-7-26(20-25)24-38-36(42)40-28-9-5-11-32(22-28)50-52(45,46)34-18-14-30(48-2)15-19-34/h3-22H,23-24H2,1-2H3,(H2,37,39,41)(H2,38,40,42). The van der Waals surface area contributed by atoms with Gasteiger partial charge in [-0.3, -0.25) is 0 Å². The number of ether oxygens (including phenoxy) is 2. The minimum Gasteiger partial charge on any atom is -0.497 e. The molecule has 0 saturated heterocycles. The third-order valence-electron chi connectivity index (χ3n) is 7.19. The molecule has 0 fully saturated rings. The number of methoxy groups -OCH3 is 2. The molecule has 0 aliphatic heterocycles. The summed E-state index contributed by atoms with van der Waals surface area (Å²) >= 11 is 0. The summed E-state index contributed by atoms with van der Waals surface area (Å²) in [4.78, 5) is 25.1. The van der Waals surface area contributed by atoms with E-state index < -0.39 is 32.3 Å². The number of amides is 4. The highest BCUT2D eigenvalue weighted by atomic mass is 32.2. The minimum absolute atomic E-state index is 0.0107. The molecule has 0 heterocycles. The lowest BCUT2D eigenvalue weighted by Gasteiger charge is -2.12. The smallest absolute Gasteiger partial charge is 0.339 e. The van der Waals surface area contributed by atoms with Crippen molar-refractivity contribution >= 4 is 43.7 Å². The lowest BCUT2D eigenvalue weighted by molar-refractivity contribution is 0.251. The second-order valence-electron chi connectivity index (χ2n) is 10.9. The van der Waals surface area contributed by atoms with Crippen molar-refractivity contribution in [2.24, 2.45) is 0 Å².